The van der Waals surface area contributed by atoms with Crippen molar-refractivity contribution in [2.75, 3.05) is 23.4 Å². The van der Waals surface area contributed by atoms with E-state index < -0.39 is 0 Å². The number of carbonyl (C=O) groups excluding carboxylic acids is 2. The summed E-state index contributed by atoms with van der Waals surface area (Å²) >= 11 is 1.60. The number of hydrogen-bond acceptors (Lipinski definition) is 5. The van der Waals surface area contributed by atoms with Gasteiger partial charge in [-0.05, 0) is 47.4 Å². The molecule has 0 aliphatic carbocycles. The van der Waals surface area contributed by atoms with Crippen molar-refractivity contribution in [2.45, 2.75) is 13.5 Å². The second-order valence-electron chi connectivity index (χ2n) is 6.97. The van der Waals surface area contributed by atoms with Crippen LogP contribution in [-0.4, -0.2) is 25.0 Å². The zero-order valence-corrected chi connectivity index (χ0v) is 17.9. The second kappa shape index (κ2) is 9.49. The van der Waals surface area contributed by atoms with Gasteiger partial charge >= 0.3 is 0 Å². The number of thiophene rings is 1. The average molecular weight is 435 g/mol. The molecule has 1 aliphatic heterocycles. The summed E-state index contributed by atoms with van der Waals surface area (Å²) in [5, 5.41) is 4.72. The van der Waals surface area contributed by atoms with Crippen molar-refractivity contribution >= 4 is 40.6 Å². The highest BCUT2D eigenvalue weighted by atomic mass is 32.1. The van der Waals surface area contributed by atoms with Crippen molar-refractivity contribution in [3.8, 4) is 11.5 Å². The lowest BCUT2D eigenvalue weighted by atomic mass is 10.2. The molecule has 4 rings (SSSR count). The number of benzene rings is 2. The third-order valence-electron chi connectivity index (χ3n) is 4.65. The molecule has 6 nitrogen and oxygen atoms in total. The molecule has 2 amide bonds. The van der Waals surface area contributed by atoms with Gasteiger partial charge in [0.25, 0.3) is 5.91 Å². The molecule has 2 heterocycles. The lowest BCUT2D eigenvalue weighted by Gasteiger charge is -2.24. The monoisotopic (exact) mass is 434 g/mol. The zero-order valence-electron chi connectivity index (χ0n) is 17.0. The van der Waals surface area contributed by atoms with Crippen molar-refractivity contribution in [2.24, 2.45) is 0 Å². The maximum absolute atomic E-state index is 13.1. The van der Waals surface area contributed by atoms with E-state index in [1.165, 1.54) is 6.92 Å². The zero-order chi connectivity index (χ0) is 21.6. The number of carbonyl (C=O) groups is 2. The minimum Gasteiger partial charge on any atom is -0.486 e. The van der Waals surface area contributed by atoms with E-state index in [9.17, 15) is 9.59 Å². The highest BCUT2D eigenvalue weighted by Gasteiger charge is 2.19. The van der Waals surface area contributed by atoms with Gasteiger partial charge in [-0.25, -0.2) is 0 Å². The quantitative estimate of drug-likeness (QED) is 0.570. The van der Waals surface area contributed by atoms with E-state index in [4.69, 9.17) is 9.47 Å². The molecule has 0 atom stereocenters. The van der Waals surface area contributed by atoms with E-state index in [1.807, 2.05) is 47.8 Å². The topological polar surface area (TPSA) is 67.9 Å². The molecule has 1 aliphatic rings. The molecular weight excluding hydrogens is 412 g/mol. The van der Waals surface area contributed by atoms with Crippen molar-refractivity contribution in [3.05, 3.63) is 76.5 Å². The number of nitrogens with one attached hydrogen (secondary N) is 1. The molecule has 0 fully saturated rings. The van der Waals surface area contributed by atoms with E-state index in [1.54, 1.807) is 40.5 Å². The Bertz CT molecular complexity index is 1090. The Morgan fingerprint density at radius 1 is 1.06 bits per heavy atom. The third-order valence-corrected chi connectivity index (χ3v) is 5.51. The minimum absolute atomic E-state index is 0.123. The molecule has 7 heteroatoms. The van der Waals surface area contributed by atoms with Gasteiger partial charge in [0.2, 0.25) is 5.91 Å². The fourth-order valence-electron chi connectivity index (χ4n) is 3.19. The Hall–Kier alpha value is -3.58. The predicted octanol–water partition coefficient (Wildman–Crippen LogP) is 4.72. The molecule has 0 bridgehead atoms. The van der Waals surface area contributed by atoms with E-state index in [-0.39, 0.29) is 11.8 Å². The molecule has 0 radical (unpaired) electrons. The van der Waals surface area contributed by atoms with Crippen LogP contribution in [-0.2, 0) is 16.1 Å². The molecule has 1 aromatic heterocycles. The van der Waals surface area contributed by atoms with Gasteiger partial charge in [0, 0.05) is 35.3 Å². The number of anilines is 2. The normalized spacial score (nSPS) is 12.5. The summed E-state index contributed by atoms with van der Waals surface area (Å²) in [5.74, 6) is 1.07. The van der Waals surface area contributed by atoms with Crippen LogP contribution in [0, 0.1) is 0 Å². The fourth-order valence-corrected chi connectivity index (χ4v) is 3.89. The van der Waals surface area contributed by atoms with E-state index >= 15 is 0 Å². The number of nitrogens with zero attached hydrogens (tertiary/aromatic N) is 1. The van der Waals surface area contributed by atoms with Crippen molar-refractivity contribution < 1.29 is 19.1 Å². The first-order valence-electron chi connectivity index (χ1n) is 9.88. The van der Waals surface area contributed by atoms with E-state index in [0.29, 0.717) is 36.9 Å². The van der Waals surface area contributed by atoms with Gasteiger partial charge in [0.1, 0.15) is 13.2 Å². The molecule has 2 aromatic carbocycles. The number of rotatable bonds is 6. The molecule has 1 N–H and O–H groups in total. The Kier molecular flexibility index (Phi) is 6.33. The first kappa shape index (κ1) is 20.7. The van der Waals surface area contributed by atoms with Gasteiger partial charge in [0.15, 0.2) is 11.5 Å². The molecule has 0 spiro atoms. The predicted molar refractivity (Wildman–Crippen MR) is 123 cm³/mol. The molecule has 31 heavy (non-hydrogen) atoms. The van der Waals surface area contributed by atoms with Gasteiger partial charge in [-0.2, -0.15) is 0 Å². The first-order chi connectivity index (χ1) is 15.1. The Morgan fingerprint density at radius 2 is 1.84 bits per heavy atom. The van der Waals surface area contributed by atoms with Gasteiger partial charge in [-0.1, -0.05) is 18.2 Å². The first-order valence-corrected chi connectivity index (χ1v) is 10.8. The Morgan fingerprint density at radius 3 is 2.55 bits per heavy atom. The number of hydrogen-bond donors (Lipinski definition) is 1. The van der Waals surface area contributed by atoms with E-state index in [0.717, 1.165) is 16.1 Å². The summed E-state index contributed by atoms with van der Waals surface area (Å²) in [7, 11) is 0. The van der Waals surface area contributed by atoms with Gasteiger partial charge in [-0.15, -0.1) is 11.3 Å². The molecule has 0 saturated heterocycles. The van der Waals surface area contributed by atoms with Crippen LogP contribution in [0.2, 0.25) is 0 Å². The van der Waals surface area contributed by atoms with Crippen LogP contribution >= 0.6 is 11.3 Å². The number of amides is 2. The van der Waals surface area contributed by atoms with Crippen LogP contribution in [0.5, 0.6) is 11.5 Å². The summed E-state index contributed by atoms with van der Waals surface area (Å²) in [5.41, 5.74) is 2.32. The summed E-state index contributed by atoms with van der Waals surface area (Å²) in [6.07, 6.45) is 3.32. The fraction of sp³-hybridized carbons (Fsp3) is 0.167. The third kappa shape index (κ3) is 5.32. The smallest absolute Gasteiger partial charge is 0.251 e. The summed E-state index contributed by atoms with van der Waals surface area (Å²) in [6, 6.07) is 16.8. The maximum atomic E-state index is 13.1. The molecule has 0 unspecified atom stereocenters. The lowest BCUT2D eigenvalue weighted by Crippen LogP contribution is -2.28. The largest absolute Gasteiger partial charge is 0.486 e. The standard InChI is InChI=1S/C24H22N2O4S/c1-17(27)25-19-7-4-18(5-8-19)6-11-24(28)26(16-21-3-2-14-31-21)20-9-10-22-23(15-20)30-13-12-29-22/h2-11,14-15H,12-13,16H2,1H3,(H,25,27)/b11-6+. The van der Waals surface area contributed by atoms with E-state index in [2.05, 4.69) is 5.32 Å². The summed E-state index contributed by atoms with van der Waals surface area (Å²) < 4.78 is 11.3. The highest BCUT2D eigenvalue weighted by molar-refractivity contribution is 7.09. The van der Waals surface area contributed by atoms with Crippen molar-refractivity contribution in [1.29, 1.82) is 0 Å². The number of fused-ring (bicyclic) bond motifs is 1. The maximum Gasteiger partial charge on any atom is 0.251 e. The Labute approximate surface area is 184 Å². The Balaban J connectivity index is 1.55. The lowest BCUT2D eigenvalue weighted by molar-refractivity contribution is -0.115. The van der Waals surface area contributed by atoms with Crippen molar-refractivity contribution in [1.82, 2.24) is 0 Å². The average Bonchev–Trinajstić information content (AvgIpc) is 3.29. The van der Waals surface area contributed by atoms with Gasteiger partial charge < -0.3 is 19.7 Å². The molecule has 3 aromatic rings. The second-order valence-corrected chi connectivity index (χ2v) is 8.00. The minimum atomic E-state index is -0.143. The molecule has 0 saturated carbocycles. The molecule has 158 valence electrons. The molecular formula is C24H22N2O4S. The highest BCUT2D eigenvalue weighted by Crippen LogP contribution is 2.34. The van der Waals surface area contributed by atoms with Crippen LogP contribution < -0.4 is 19.7 Å². The summed E-state index contributed by atoms with van der Waals surface area (Å²) in [4.78, 5) is 27.1. The van der Waals surface area contributed by atoms with Crippen LogP contribution in [0.4, 0.5) is 11.4 Å². The number of ether oxygens (including phenoxy) is 2. The van der Waals surface area contributed by atoms with Crippen LogP contribution in [0.1, 0.15) is 17.4 Å². The van der Waals surface area contributed by atoms with Gasteiger partial charge in [0.05, 0.1) is 6.54 Å². The van der Waals surface area contributed by atoms with Crippen LogP contribution in [0.25, 0.3) is 6.08 Å². The SMILES string of the molecule is CC(=O)Nc1ccc(/C=C/C(=O)N(Cc2cccs2)c2ccc3c(c2)OCCO3)cc1. The summed E-state index contributed by atoms with van der Waals surface area (Å²) in [6.45, 7) is 2.94. The van der Waals surface area contributed by atoms with Crippen LogP contribution in [0.3, 0.4) is 0 Å². The van der Waals surface area contributed by atoms with Crippen molar-refractivity contribution in [3.63, 3.8) is 0 Å². The van der Waals surface area contributed by atoms with Gasteiger partial charge in [-0.3, -0.25) is 9.59 Å². The van der Waals surface area contributed by atoms with Crippen LogP contribution in [0.15, 0.2) is 66.1 Å².